The standard InChI is InChI=1S/C11H14FN2O14P3S/c1-2-5-3-14(10(17)13-8(5)32)9-6(15)7(16)11(12,26-9)4-25-30(21,22)28-31(23,24)27-29(18,19)20/h1,3,6-7,9,15-16H,4H2,(H,21,22)(H,23,24)(H,13,17,32)(H2,18,19,20)/t6-,7+,9-,11-/m1/s1. The fraction of sp³-hybridized carbons (Fsp3) is 0.455. The van der Waals surface area contributed by atoms with Crippen molar-refractivity contribution in [3.8, 4) is 12.3 Å². The number of halogens is 1. The van der Waals surface area contributed by atoms with Gasteiger partial charge in [-0.15, -0.1) is 6.42 Å². The van der Waals surface area contributed by atoms with Crippen LogP contribution in [0.3, 0.4) is 0 Å². The summed E-state index contributed by atoms with van der Waals surface area (Å²) in [5.41, 5.74) is -1.11. The number of aromatic nitrogens is 2. The Morgan fingerprint density at radius 3 is 2.38 bits per heavy atom. The van der Waals surface area contributed by atoms with Crippen LogP contribution >= 0.6 is 35.7 Å². The molecule has 2 unspecified atom stereocenters. The SMILES string of the molecule is C#Cc1cn([C@@H]2O[C@](F)(COP(=O)(O)OP(=O)(O)OP(=O)(O)O)[C@@H](O)[C@H]2O)c(=O)[nH]c1=S. The molecule has 0 bridgehead atoms. The van der Waals surface area contributed by atoms with Crippen LogP contribution in [-0.4, -0.2) is 64.0 Å². The van der Waals surface area contributed by atoms with Crippen molar-refractivity contribution in [1.29, 1.82) is 0 Å². The molecule has 32 heavy (non-hydrogen) atoms. The van der Waals surface area contributed by atoms with Gasteiger partial charge in [0.15, 0.2) is 6.23 Å². The number of terminal acetylenes is 1. The van der Waals surface area contributed by atoms with E-state index in [9.17, 15) is 33.6 Å². The van der Waals surface area contributed by atoms with E-state index in [0.29, 0.717) is 4.57 Å². The summed E-state index contributed by atoms with van der Waals surface area (Å²) >= 11 is 4.80. The Labute approximate surface area is 181 Å². The average Bonchev–Trinajstić information content (AvgIpc) is 2.82. The molecule has 0 saturated carbocycles. The summed E-state index contributed by atoms with van der Waals surface area (Å²) in [7, 11) is -17.3. The lowest BCUT2D eigenvalue weighted by Crippen LogP contribution is -2.43. The van der Waals surface area contributed by atoms with Gasteiger partial charge in [0.25, 0.3) is 5.85 Å². The highest BCUT2D eigenvalue weighted by Crippen LogP contribution is 2.66. The Bertz CT molecular complexity index is 1190. The zero-order chi connectivity index (χ0) is 24.7. The van der Waals surface area contributed by atoms with Gasteiger partial charge in [-0.3, -0.25) is 14.1 Å². The first-order valence-electron chi connectivity index (χ1n) is 7.73. The third-order valence-electron chi connectivity index (χ3n) is 3.61. The second kappa shape index (κ2) is 9.26. The van der Waals surface area contributed by atoms with Gasteiger partial charge in [-0.25, -0.2) is 22.9 Å². The first-order chi connectivity index (χ1) is 14.4. The molecule has 2 heterocycles. The molecule has 2 rings (SSSR count). The summed E-state index contributed by atoms with van der Waals surface area (Å²) in [5, 5.41) is 20.0. The summed E-state index contributed by atoms with van der Waals surface area (Å²) in [4.78, 5) is 49.5. The number of aromatic amines is 1. The predicted octanol–water partition coefficient (Wildman–Crippen LogP) is -0.853. The van der Waals surface area contributed by atoms with Gasteiger partial charge in [0, 0.05) is 6.20 Å². The lowest BCUT2D eigenvalue weighted by molar-refractivity contribution is -0.204. The van der Waals surface area contributed by atoms with Crippen LogP contribution in [-0.2, 0) is 31.6 Å². The molecule has 1 saturated heterocycles. The monoisotopic (exact) mass is 542 g/mol. The van der Waals surface area contributed by atoms with Gasteiger partial charge in [-0.2, -0.15) is 8.62 Å². The molecule has 0 radical (unpaired) electrons. The van der Waals surface area contributed by atoms with Gasteiger partial charge >= 0.3 is 29.2 Å². The highest BCUT2D eigenvalue weighted by atomic mass is 32.1. The molecule has 21 heteroatoms. The van der Waals surface area contributed by atoms with Crippen LogP contribution in [0.1, 0.15) is 11.8 Å². The number of nitrogens with one attached hydrogen (secondary N) is 1. The van der Waals surface area contributed by atoms with E-state index in [0.717, 1.165) is 6.20 Å². The number of alkyl halides is 1. The number of ether oxygens (including phenoxy) is 1. The van der Waals surface area contributed by atoms with Crippen molar-refractivity contribution >= 4 is 35.7 Å². The lowest BCUT2D eigenvalue weighted by atomic mass is 10.1. The molecule has 7 N–H and O–H groups in total. The van der Waals surface area contributed by atoms with E-state index in [4.69, 9.17) is 38.1 Å². The highest BCUT2D eigenvalue weighted by Gasteiger charge is 2.57. The molecular weight excluding hydrogens is 528 g/mol. The maximum atomic E-state index is 15.0. The highest BCUT2D eigenvalue weighted by molar-refractivity contribution is 7.71. The van der Waals surface area contributed by atoms with Crippen LogP contribution in [0.15, 0.2) is 11.0 Å². The van der Waals surface area contributed by atoms with Gasteiger partial charge < -0.3 is 34.5 Å². The van der Waals surface area contributed by atoms with Crippen molar-refractivity contribution in [2.24, 2.45) is 0 Å². The van der Waals surface area contributed by atoms with Crippen molar-refractivity contribution in [1.82, 2.24) is 9.55 Å². The Hall–Kier alpha value is -1.12. The predicted molar refractivity (Wildman–Crippen MR) is 99.6 cm³/mol. The first kappa shape index (κ1) is 27.1. The fourth-order valence-electron chi connectivity index (χ4n) is 2.34. The Balaban J connectivity index is 2.22. The third-order valence-corrected chi connectivity index (χ3v) is 7.72. The summed E-state index contributed by atoms with van der Waals surface area (Å²) < 4.78 is 64.6. The average molecular weight is 542 g/mol. The molecule has 0 amide bonds. The summed E-state index contributed by atoms with van der Waals surface area (Å²) in [6, 6.07) is 0. The number of hydrogen-bond donors (Lipinski definition) is 7. The summed E-state index contributed by atoms with van der Waals surface area (Å²) in [5.74, 6) is -1.40. The van der Waals surface area contributed by atoms with Crippen LogP contribution in [0.25, 0.3) is 0 Å². The molecule has 0 spiro atoms. The van der Waals surface area contributed by atoms with Crippen molar-refractivity contribution in [2.75, 3.05) is 6.61 Å². The van der Waals surface area contributed by atoms with Gasteiger partial charge in [-0.05, 0) is 0 Å². The van der Waals surface area contributed by atoms with Gasteiger partial charge in [0.2, 0.25) is 0 Å². The van der Waals surface area contributed by atoms with Crippen LogP contribution in [0.5, 0.6) is 0 Å². The van der Waals surface area contributed by atoms with Crippen molar-refractivity contribution in [2.45, 2.75) is 24.3 Å². The number of aliphatic hydroxyl groups is 2. The van der Waals surface area contributed by atoms with Crippen molar-refractivity contribution < 1.29 is 65.8 Å². The Kier molecular flexibility index (Phi) is 7.85. The molecule has 1 aromatic heterocycles. The molecule has 0 aliphatic carbocycles. The lowest BCUT2D eigenvalue weighted by Gasteiger charge is -2.24. The van der Waals surface area contributed by atoms with Crippen LogP contribution in [0, 0.1) is 17.0 Å². The first-order valence-corrected chi connectivity index (χ1v) is 12.7. The second-order valence-corrected chi connectivity index (χ2v) is 10.8. The molecule has 180 valence electrons. The van der Waals surface area contributed by atoms with E-state index in [1.807, 2.05) is 0 Å². The van der Waals surface area contributed by atoms with E-state index in [1.165, 1.54) is 0 Å². The Morgan fingerprint density at radius 1 is 1.25 bits per heavy atom. The minimum atomic E-state index is -5.88. The van der Waals surface area contributed by atoms with E-state index < -0.39 is 60.1 Å². The summed E-state index contributed by atoms with van der Waals surface area (Å²) in [6.45, 7) is -1.75. The van der Waals surface area contributed by atoms with E-state index >= 15 is 4.39 Å². The smallest absolute Gasteiger partial charge is 0.385 e. The minimum absolute atomic E-state index is 0.0745. The Morgan fingerprint density at radius 2 is 1.84 bits per heavy atom. The quantitative estimate of drug-likeness (QED) is 0.120. The molecule has 1 fully saturated rings. The van der Waals surface area contributed by atoms with Crippen LogP contribution in [0.2, 0.25) is 0 Å². The number of H-pyrrole nitrogens is 1. The maximum Gasteiger partial charge on any atom is 0.490 e. The number of phosphoric acid groups is 3. The molecule has 1 aromatic rings. The van der Waals surface area contributed by atoms with E-state index in [2.05, 4.69) is 24.0 Å². The normalized spacial score (nSPS) is 29.8. The molecule has 16 nitrogen and oxygen atoms in total. The van der Waals surface area contributed by atoms with Gasteiger partial charge in [0.1, 0.15) is 23.5 Å². The molecule has 0 aromatic carbocycles. The van der Waals surface area contributed by atoms with Crippen LogP contribution < -0.4 is 5.69 Å². The fourth-order valence-corrected chi connectivity index (χ4v) is 5.57. The van der Waals surface area contributed by atoms with E-state index in [1.54, 1.807) is 0 Å². The molecular formula is C11H14FN2O14P3S. The second-order valence-electron chi connectivity index (χ2n) is 5.95. The van der Waals surface area contributed by atoms with Gasteiger partial charge in [-0.1, -0.05) is 18.1 Å². The molecule has 1 aliphatic rings. The van der Waals surface area contributed by atoms with Crippen LogP contribution in [0.4, 0.5) is 4.39 Å². The van der Waals surface area contributed by atoms with Gasteiger partial charge in [0.05, 0.1) is 5.56 Å². The summed E-state index contributed by atoms with van der Waals surface area (Å²) in [6.07, 6.45) is -0.540. The molecule has 1 aliphatic heterocycles. The maximum absolute atomic E-state index is 15.0. The number of hydrogen-bond acceptors (Lipinski definition) is 11. The van der Waals surface area contributed by atoms with Crippen molar-refractivity contribution in [3.63, 3.8) is 0 Å². The number of rotatable bonds is 8. The topological polar surface area (TPSA) is 247 Å². The number of phosphoric ester groups is 1. The third kappa shape index (κ3) is 6.48. The minimum Gasteiger partial charge on any atom is -0.385 e. The van der Waals surface area contributed by atoms with Crippen molar-refractivity contribution in [3.05, 3.63) is 26.9 Å². The largest absolute Gasteiger partial charge is 0.490 e. The van der Waals surface area contributed by atoms with E-state index in [-0.39, 0.29) is 10.2 Å². The zero-order valence-electron chi connectivity index (χ0n) is 15.1. The molecule has 6 atom stereocenters. The number of nitrogens with zero attached hydrogens (tertiary/aromatic N) is 1. The zero-order valence-corrected chi connectivity index (χ0v) is 18.6. The number of aliphatic hydroxyl groups excluding tert-OH is 2.